The monoisotopic (exact) mass is 506 g/mol. The van der Waals surface area contributed by atoms with Crippen LogP contribution in [0.1, 0.15) is 55.4 Å². The third kappa shape index (κ3) is 6.19. The molecule has 0 bridgehead atoms. The number of ether oxygens (including phenoxy) is 1. The smallest absolute Gasteiger partial charge is 0.342 e. The largest absolute Gasteiger partial charge is 0.469 e. The molecule has 0 radical (unpaired) electrons. The summed E-state index contributed by atoms with van der Waals surface area (Å²) in [5.74, 6) is -0.241. The molecule has 1 unspecified atom stereocenters. The lowest BCUT2D eigenvalue weighted by atomic mass is 10.0. The summed E-state index contributed by atoms with van der Waals surface area (Å²) in [6.45, 7) is 8.26. The van der Waals surface area contributed by atoms with Crippen LogP contribution in [0.5, 0.6) is 0 Å². The molecular formula is C24H34N4O6S. The van der Waals surface area contributed by atoms with Gasteiger partial charge in [-0.3, -0.25) is 13.8 Å². The Labute approximate surface area is 208 Å². The Bertz CT molecular complexity index is 1080. The molecule has 3 heterocycles. The number of rotatable bonds is 9. The number of esters is 1. The van der Waals surface area contributed by atoms with Crippen molar-refractivity contribution in [3.63, 3.8) is 0 Å². The minimum Gasteiger partial charge on any atom is -0.469 e. The van der Waals surface area contributed by atoms with Crippen molar-refractivity contribution in [3.05, 3.63) is 35.4 Å². The van der Waals surface area contributed by atoms with E-state index in [0.717, 1.165) is 12.8 Å². The molecular weight excluding hydrogens is 472 g/mol. The predicted octanol–water partition coefficient (Wildman–Crippen LogP) is 2.17. The van der Waals surface area contributed by atoms with Gasteiger partial charge in [-0.15, -0.1) is 0 Å². The fourth-order valence-electron chi connectivity index (χ4n) is 4.60. The second-order valence-electron chi connectivity index (χ2n) is 8.88. The molecule has 0 N–H and O–H groups in total. The molecule has 2 atom stereocenters. The summed E-state index contributed by atoms with van der Waals surface area (Å²) >= 11 is 0. The van der Waals surface area contributed by atoms with Gasteiger partial charge in [0, 0.05) is 31.4 Å². The van der Waals surface area contributed by atoms with E-state index in [9.17, 15) is 18.6 Å². The van der Waals surface area contributed by atoms with Gasteiger partial charge in [0.2, 0.25) is 11.8 Å². The van der Waals surface area contributed by atoms with Crippen LogP contribution in [-0.2, 0) is 38.1 Å². The van der Waals surface area contributed by atoms with E-state index in [-0.39, 0.29) is 54.1 Å². The summed E-state index contributed by atoms with van der Waals surface area (Å²) in [6, 6.07) is 3.25. The van der Waals surface area contributed by atoms with Crippen molar-refractivity contribution in [3.8, 4) is 0 Å². The van der Waals surface area contributed by atoms with Crippen LogP contribution in [0.15, 0.2) is 27.8 Å². The Morgan fingerprint density at radius 3 is 2.69 bits per heavy atom. The molecule has 11 heteroatoms. The Balaban J connectivity index is 1.79. The lowest BCUT2D eigenvalue weighted by Gasteiger charge is -2.41. The summed E-state index contributed by atoms with van der Waals surface area (Å²) in [6.07, 6.45) is 4.73. The number of carbonyl (C=O) groups excluding carboxylic acids is 3. The zero-order valence-corrected chi connectivity index (χ0v) is 21.8. The quantitative estimate of drug-likeness (QED) is 0.479. The van der Waals surface area contributed by atoms with Crippen molar-refractivity contribution in [2.45, 2.75) is 70.6 Å². The van der Waals surface area contributed by atoms with Gasteiger partial charge < -0.3 is 19.0 Å². The Morgan fingerprint density at radius 1 is 1.34 bits per heavy atom. The van der Waals surface area contributed by atoms with Gasteiger partial charge in [0.05, 0.1) is 35.8 Å². The van der Waals surface area contributed by atoms with Crippen molar-refractivity contribution >= 4 is 28.6 Å². The number of hydrogen-bond acceptors (Lipinski definition) is 7. The zero-order chi connectivity index (χ0) is 25.7. The van der Waals surface area contributed by atoms with E-state index in [1.807, 2.05) is 13.8 Å². The van der Waals surface area contributed by atoms with Crippen molar-refractivity contribution in [1.82, 2.24) is 19.6 Å². The van der Waals surface area contributed by atoms with Gasteiger partial charge in [-0.2, -0.15) is 5.10 Å². The number of aryl methyl sites for hydroxylation is 1. The second-order valence-corrected chi connectivity index (χ2v) is 10.2. The van der Waals surface area contributed by atoms with Crippen LogP contribution in [-0.4, -0.2) is 79.6 Å². The van der Waals surface area contributed by atoms with Crippen molar-refractivity contribution < 1.29 is 27.7 Å². The van der Waals surface area contributed by atoms with Gasteiger partial charge in [0.15, 0.2) is 0 Å². The molecule has 192 valence electrons. The molecule has 2 aromatic heterocycles. The average molecular weight is 507 g/mol. The number of carbonyl (C=O) groups is 3. The third-order valence-corrected chi connectivity index (χ3v) is 6.97. The highest BCUT2D eigenvalue weighted by Gasteiger charge is 2.34. The highest BCUT2D eigenvalue weighted by Crippen LogP contribution is 2.22. The van der Waals surface area contributed by atoms with Crippen LogP contribution in [0.25, 0.3) is 0 Å². The SMILES string of the molecule is CCOC(=O)c1c(C)nn(CC(=O)N(C(C)C)[C@H]2CCCN(C(=O)Cc3ccco3)C2)c1S(C)=O. The average Bonchev–Trinajstić information content (AvgIpc) is 3.41. The van der Waals surface area contributed by atoms with Gasteiger partial charge in [-0.1, -0.05) is 0 Å². The maximum Gasteiger partial charge on any atom is 0.342 e. The number of hydrogen-bond donors (Lipinski definition) is 0. The molecule has 1 saturated heterocycles. The van der Waals surface area contributed by atoms with E-state index >= 15 is 0 Å². The van der Waals surface area contributed by atoms with Crippen LogP contribution >= 0.6 is 0 Å². The molecule has 0 saturated carbocycles. The molecule has 1 aliphatic rings. The van der Waals surface area contributed by atoms with Gasteiger partial charge in [0.25, 0.3) is 0 Å². The lowest BCUT2D eigenvalue weighted by Crippen LogP contribution is -2.54. The van der Waals surface area contributed by atoms with Gasteiger partial charge in [0.1, 0.15) is 22.9 Å². The van der Waals surface area contributed by atoms with Crippen molar-refractivity contribution in [2.75, 3.05) is 26.0 Å². The first-order chi connectivity index (χ1) is 16.6. The first-order valence-electron chi connectivity index (χ1n) is 11.8. The Hall–Kier alpha value is -2.95. The Kier molecular flexibility index (Phi) is 8.87. The van der Waals surface area contributed by atoms with E-state index in [4.69, 9.17) is 9.15 Å². The van der Waals surface area contributed by atoms with Crippen molar-refractivity contribution in [1.29, 1.82) is 0 Å². The minimum absolute atomic E-state index is 0.0359. The maximum absolute atomic E-state index is 13.5. The minimum atomic E-state index is -1.56. The first kappa shape index (κ1) is 26.7. The molecule has 1 fully saturated rings. The number of likely N-dealkylation sites (tertiary alicyclic amines) is 1. The Morgan fingerprint density at radius 2 is 2.09 bits per heavy atom. The van der Waals surface area contributed by atoms with Gasteiger partial charge in [-0.05, 0) is 52.7 Å². The normalized spacial score (nSPS) is 16.9. The zero-order valence-electron chi connectivity index (χ0n) is 21.0. The molecule has 1 aliphatic heterocycles. The van der Waals surface area contributed by atoms with Gasteiger partial charge >= 0.3 is 5.97 Å². The lowest BCUT2D eigenvalue weighted by molar-refractivity contribution is -0.142. The summed E-state index contributed by atoms with van der Waals surface area (Å²) in [5.41, 5.74) is 0.508. The van der Waals surface area contributed by atoms with Crippen LogP contribution in [0.3, 0.4) is 0 Å². The summed E-state index contributed by atoms with van der Waals surface area (Å²) in [5, 5.41) is 4.52. The van der Waals surface area contributed by atoms with Crippen LogP contribution < -0.4 is 0 Å². The second kappa shape index (κ2) is 11.7. The van der Waals surface area contributed by atoms with Crippen molar-refractivity contribution in [2.24, 2.45) is 0 Å². The third-order valence-electron chi connectivity index (χ3n) is 6.01. The number of piperidine rings is 1. The van der Waals surface area contributed by atoms with E-state index in [2.05, 4.69) is 5.10 Å². The van der Waals surface area contributed by atoms with E-state index in [0.29, 0.717) is 24.5 Å². The molecule has 2 amide bonds. The van der Waals surface area contributed by atoms with Crippen LogP contribution in [0.2, 0.25) is 0 Å². The summed E-state index contributed by atoms with van der Waals surface area (Å²) < 4.78 is 24.3. The fourth-order valence-corrected chi connectivity index (χ4v) is 5.52. The number of aromatic nitrogens is 2. The molecule has 0 aromatic carbocycles. The number of nitrogens with zero attached hydrogens (tertiary/aromatic N) is 4. The van der Waals surface area contributed by atoms with E-state index in [1.54, 1.807) is 42.0 Å². The topological polar surface area (TPSA) is 115 Å². The van der Waals surface area contributed by atoms with E-state index < -0.39 is 16.8 Å². The molecule has 3 rings (SSSR count). The fraction of sp³-hybridized carbons (Fsp3) is 0.583. The standard InChI is InChI=1S/C24H34N4O6S/c1-6-33-24(31)22-17(4)25-27(23(22)35(5)32)15-21(30)28(16(2)3)18-9-7-11-26(14-18)20(29)13-19-10-8-12-34-19/h8,10,12,16,18H,6-7,9,11,13-15H2,1-5H3/t18-,35?/m0/s1. The maximum atomic E-state index is 13.5. The highest BCUT2D eigenvalue weighted by atomic mass is 32.2. The van der Waals surface area contributed by atoms with E-state index in [1.165, 1.54) is 10.9 Å². The molecule has 0 spiro atoms. The highest BCUT2D eigenvalue weighted by molar-refractivity contribution is 7.84. The van der Waals surface area contributed by atoms with Gasteiger partial charge in [-0.25, -0.2) is 9.48 Å². The number of amides is 2. The first-order valence-corrected chi connectivity index (χ1v) is 13.4. The molecule has 0 aliphatic carbocycles. The molecule has 35 heavy (non-hydrogen) atoms. The molecule has 2 aromatic rings. The number of furan rings is 1. The van der Waals surface area contributed by atoms with Crippen LogP contribution in [0.4, 0.5) is 0 Å². The van der Waals surface area contributed by atoms with Crippen LogP contribution in [0, 0.1) is 6.92 Å². The summed E-state index contributed by atoms with van der Waals surface area (Å²) in [7, 11) is -1.56. The molecule has 10 nitrogen and oxygen atoms in total. The summed E-state index contributed by atoms with van der Waals surface area (Å²) in [4.78, 5) is 42.3. The predicted molar refractivity (Wildman–Crippen MR) is 129 cm³/mol.